The predicted molar refractivity (Wildman–Crippen MR) is 94.7 cm³/mol. The Bertz CT molecular complexity index is 898. The molecular formula is C20H20N4O2. The van der Waals surface area contributed by atoms with Gasteiger partial charge in [-0.3, -0.25) is 4.79 Å². The van der Waals surface area contributed by atoms with Gasteiger partial charge in [-0.2, -0.15) is 4.98 Å². The van der Waals surface area contributed by atoms with Gasteiger partial charge in [0.25, 0.3) is 0 Å². The summed E-state index contributed by atoms with van der Waals surface area (Å²) in [4.78, 5) is 21.0. The molecule has 0 N–H and O–H groups in total. The van der Waals surface area contributed by atoms with Gasteiger partial charge in [0.05, 0.1) is 6.33 Å². The Kier molecular flexibility index (Phi) is 3.69. The van der Waals surface area contributed by atoms with E-state index in [1.165, 1.54) is 6.42 Å². The molecule has 2 bridgehead atoms. The minimum Gasteiger partial charge on any atom is -0.339 e. The molecule has 2 aliphatic carbocycles. The second kappa shape index (κ2) is 6.20. The fourth-order valence-electron chi connectivity index (χ4n) is 4.39. The Morgan fingerprint density at radius 2 is 1.81 bits per heavy atom. The van der Waals surface area contributed by atoms with Crippen molar-refractivity contribution in [2.24, 2.45) is 11.8 Å². The van der Waals surface area contributed by atoms with E-state index in [0.717, 1.165) is 36.9 Å². The second-order valence-corrected chi connectivity index (χ2v) is 7.37. The van der Waals surface area contributed by atoms with Crippen LogP contribution in [0, 0.1) is 11.8 Å². The molecular weight excluding hydrogens is 328 g/mol. The minimum absolute atomic E-state index is 0.192. The fraction of sp³-hybridized carbons (Fsp3) is 0.400. The molecule has 2 heterocycles. The van der Waals surface area contributed by atoms with Gasteiger partial charge in [0.2, 0.25) is 11.7 Å². The normalized spacial score (nSPS) is 25.4. The van der Waals surface area contributed by atoms with Crippen molar-refractivity contribution in [1.29, 1.82) is 0 Å². The van der Waals surface area contributed by atoms with E-state index in [1.54, 1.807) is 12.5 Å². The smallest absolute Gasteiger partial charge is 0.230 e. The maximum absolute atomic E-state index is 12.3. The number of aromatic nitrogens is 4. The van der Waals surface area contributed by atoms with E-state index in [-0.39, 0.29) is 17.8 Å². The number of hydrogen-bond donors (Lipinski definition) is 0. The molecule has 0 amide bonds. The lowest BCUT2D eigenvalue weighted by atomic mass is 9.67. The molecule has 5 rings (SSSR count). The van der Waals surface area contributed by atoms with Gasteiger partial charge in [-0.05, 0) is 49.9 Å². The quantitative estimate of drug-likeness (QED) is 0.720. The maximum atomic E-state index is 12.3. The number of hydrogen-bond acceptors (Lipinski definition) is 5. The van der Waals surface area contributed by atoms with Crippen LogP contribution >= 0.6 is 0 Å². The van der Waals surface area contributed by atoms with Gasteiger partial charge in [-0.15, -0.1) is 0 Å². The summed E-state index contributed by atoms with van der Waals surface area (Å²) in [5.41, 5.74) is 1.96. The largest absolute Gasteiger partial charge is 0.339 e. The van der Waals surface area contributed by atoms with Gasteiger partial charge in [-0.1, -0.05) is 11.6 Å². The average Bonchev–Trinajstić information content (AvgIpc) is 3.34. The van der Waals surface area contributed by atoms with Crippen LogP contribution < -0.4 is 0 Å². The van der Waals surface area contributed by atoms with Crippen molar-refractivity contribution in [1.82, 2.24) is 19.7 Å². The maximum Gasteiger partial charge on any atom is 0.230 e. The third-order valence-corrected chi connectivity index (χ3v) is 5.77. The Labute approximate surface area is 151 Å². The molecule has 2 atom stereocenters. The third kappa shape index (κ3) is 2.66. The first kappa shape index (κ1) is 15.5. The van der Waals surface area contributed by atoms with Gasteiger partial charge >= 0.3 is 0 Å². The highest BCUT2D eigenvalue weighted by Gasteiger charge is 2.41. The summed E-state index contributed by atoms with van der Waals surface area (Å²) in [5, 5.41) is 4.18. The van der Waals surface area contributed by atoms with Crippen LogP contribution in [-0.2, 0) is 4.79 Å². The number of nitrogens with zero attached hydrogens (tertiary/aromatic N) is 4. The SMILES string of the molecule is O=C1C2CCCC1CC(c1nc(-c3ccc(-n4ccnc4)cc3)no1)C2. The molecule has 2 fully saturated rings. The van der Waals surface area contributed by atoms with Gasteiger partial charge < -0.3 is 9.09 Å². The van der Waals surface area contributed by atoms with Crippen molar-refractivity contribution in [3.63, 3.8) is 0 Å². The number of carbonyl (C=O) groups excluding carboxylic acids is 1. The topological polar surface area (TPSA) is 73.8 Å². The van der Waals surface area contributed by atoms with Crippen LogP contribution in [0.5, 0.6) is 0 Å². The summed E-state index contributed by atoms with van der Waals surface area (Å²) in [6.45, 7) is 0. The highest BCUT2D eigenvalue weighted by Crippen LogP contribution is 2.44. The molecule has 2 unspecified atom stereocenters. The van der Waals surface area contributed by atoms with E-state index in [1.807, 2.05) is 35.0 Å². The molecule has 2 aliphatic rings. The zero-order valence-corrected chi connectivity index (χ0v) is 14.4. The summed E-state index contributed by atoms with van der Waals surface area (Å²) in [6, 6.07) is 8.00. The van der Waals surface area contributed by atoms with Crippen molar-refractivity contribution in [3.05, 3.63) is 48.9 Å². The summed E-state index contributed by atoms with van der Waals surface area (Å²) in [7, 11) is 0. The molecule has 6 nitrogen and oxygen atoms in total. The number of fused-ring (bicyclic) bond motifs is 2. The number of Topliss-reactive ketones (excluding diaryl/α,β-unsaturated/α-hetero) is 1. The summed E-state index contributed by atoms with van der Waals surface area (Å²) in [6.07, 6.45) is 10.3. The minimum atomic E-state index is 0.192. The van der Waals surface area contributed by atoms with Crippen LogP contribution in [0.2, 0.25) is 0 Å². The van der Waals surface area contributed by atoms with Crippen LogP contribution in [0.15, 0.2) is 47.5 Å². The van der Waals surface area contributed by atoms with Gasteiger partial charge in [0.1, 0.15) is 5.78 Å². The molecule has 0 spiro atoms. The molecule has 132 valence electrons. The summed E-state index contributed by atoms with van der Waals surface area (Å²) in [5.74, 6) is 2.36. The molecule has 0 saturated heterocycles. The number of carbonyl (C=O) groups is 1. The number of rotatable bonds is 3. The van der Waals surface area contributed by atoms with Crippen molar-refractivity contribution < 1.29 is 9.32 Å². The van der Waals surface area contributed by atoms with E-state index >= 15 is 0 Å². The summed E-state index contributed by atoms with van der Waals surface area (Å²) >= 11 is 0. The lowest BCUT2D eigenvalue weighted by Crippen LogP contribution is -2.35. The lowest BCUT2D eigenvalue weighted by Gasteiger charge is -2.36. The van der Waals surface area contributed by atoms with Crippen molar-refractivity contribution in [2.75, 3.05) is 0 Å². The Hall–Kier alpha value is -2.76. The molecule has 6 heteroatoms. The summed E-state index contributed by atoms with van der Waals surface area (Å²) < 4.78 is 7.52. The van der Waals surface area contributed by atoms with Crippen LogP contribution in [0.1, 0.15) is 43.9 Å². The zero-order valence-electron chi connectivity index (χ0n) is 14.4. The Morgan fingerprint density at radius 3 is 2.50 bits per heavy atom. The lowest BCUT2D eigenvalue weighted by molar-refractivity contribution is -0.132. The molecule has 2 saturated carbocycles. The van der Waals surface area contributed by atoms with Crippen molar-refractivity contribution >= 4 is 5.78 Å². The predicted octanol–water partition coefficient (Wildman–Crippen LogP) is 3.79. The monoisotopic (exact) mass is 348 g/mol. The molecule has 0 aliphatic heterocycles. The first-order chi connectivity index (χ1) is 12.8. The number of imidazole rings is 1. The van der Waals surface area contributed by atoms with Crippen LogP contribution in [-0.4, -0.2) is 25.5 Å². The first-order valence-electron chi connectivity index (χ1n) is 9.24. The van der Waals surface area contributed by atoms with E-state index in [4.69, 9.17) is 4.52 Å². The standard InChI is InChI=1S/C20H20N4O2/c25-18-14-2-1-3-15(18)11-16(10-14)20-22-19(23-26-20)13-4-6-17(7-5-13)24-9-8-21-12-24/h4-9,12,14-16H,1-3,10-11H2. The first-order valence-corrected chi connectivity index (χ1v) is 9.24. The highest BCUT2D eigenvalue weighted by atomic mass is 16.5. The van der Waals surface area contributed by atoms with Gasteiger partial charge in [-0.25, -0.2) is 4.98 Å². The van der Waals surface area contributed by atoms with E-state index in [2.05, 4.69) is 15.1 Å². The van der Waals surface area contributed by atoms with Gasteiger partial charge in [0.15, 0.2) is 0 Å². The van der Waals surface area contributed by atoms with E-state index in [9.17, 15) is 4.79 Å². The highest BCUT2D eigenvalue weighted by molar-refractivity contribution is 5.85. The van der Waals surface area contributed by atoms with Crippen LogP contribution in [0.3, 0.4) is 0 Å². The van der Waals surface area contributed by atoms with Crippen molar-refractivity contribution in [2.45, 2.75) is 38.0 Å². The number of benzene rings is 1. The zero-order chi connectivity index (χ0) is 17.5. The fourth-order valence-corrected chi connectivity index (χ4v) is 4.39. The van der Waals surface area contributed by atoms with E-state index in [0.29, 0.717) is 17.5 Å². The average molecular weight is 348 g/mol. The van der Waals surface area contributed by atoms with Crippen molar-refractivity contribution in [3.8, 4) is 17.1 Å². The van der Waals surface area contributed by atoms with Crippen LogP contribution in [0.4, 0.5) is 0 Å². The Balaban J connectivity index is 1.36. The van der Waals surface area contributed by atoms with E-state index < -0.39 is 0 Å². The second-order valence-electron chi connectivity index (χ2n) is 7.37. The molecule has 1 aromatic carbocycles. The number of ketones is 1. The van der Waals surface area contributed by atoms with Crippen LogP contribution in [0.25, 0.3) is 17.1 Å². The van der Waals surface area contributed by atoms with Gasteiger partial charge in [0, 0.05) is 41.4 Å². The third-order valence-electron chi connectivity index (χ3n) is 5.77. The Morgan fingerprint density at radius 1 is 1.04 bits per heavy atom. The molecule has 3 aromatic rings. The molecule has 2 aromatic heterocycles. The molecule has 26 heavy (non-hydrogen) atoms. The molecule has 0 radical (unpaired) electrons.